The minimum absolute atomic E-state index is 0.234. The summed E-state index contributed by atoms with van der Waals surface area (Å²) in [7, 11) is 0. The first-order chi connectivity index (χ1) is 5.29. The molecule has 1 heterocycles. The molecule has 2 aromatic rings. The van der Waals surface area contributed by atoms with Gasteiger partial charge in [-0.15, -0.1) is 0 Å². The number of hydrogen-bond donors (Lipinski definition) is 0. The molecule has 1 nitrogen and oxygen atoms in total. The molecule has 0 radical (unpaired) electrons. The van der Waals surface area contributed by atoms with Crippen molar-refractivity contribution in [2.45, 2.75) is 0 Å². The highest BCUT2D eigenvalue weighted by atomic mass is 79.9. The highest BCUT2D eigenvalue weighted by molar-refractivity contribution is 9.10. The molecule has 0 amide bonds. The summed E-state index contributed by atoms with van der Waals surface area (Å²) in [5.41, 5.74) is 0. The second-order valence-electron chi connectivity index (χ2n) is 2.11. The summed E-state index contributed by atoms with van der Waals surface area (Å²) in [6.45, 7) is 0. The molecule has 0 saturated carbocycles. The van der Waals surface area contributed by atoms with Gasteiger partial charge in [0, 0.05) is 11.6 Å². The molecule has 0 aliphatic heterocycles. The monoisotopic (exact) mass is 231 g/mol. The van der Waals surface area contributed by atoms with Crippen LogP contribution < -0.4 is 0 Å². The lowest BCUT2D eigenvalue weighted by atomic mass is 10.3. The summed E-state index contributed by atoms with van der Waals surface area (Å²) >= 11 is 4.45. The first kappa shape index (κ1) is 7.18. The first-order valence-electron chi connectivity index (χ1n) is 2.97. The van der Waals surface area contributed by atoms with Crippen molar-refractivity contribution in [2.75, 3.05) is 0 Å². The van der Waals surface area contributed by atoms with Crippen LogP contribution in [-0.2, 0) is 0 Å². The van der Waals surface area contributed by atoms with Crippen LogP contribution in [0.25, 0.3) is 10.1 Å². The van der Waals surface area contributed by atoms with Crippen molar-refractivity contribution in [3.05, 3.63) is 28.6 Å². The molecule has 4 heteroatoms. The molecule has 0 saturated heterocycles. The summed E-state index contributed by atoms with van der Waals surface area (Å²) in [6, 6.07) is 3.15. The molecule has 0 aliphatic rings. The van der Waals surface area contributed by atoms with Crippen LogP contribution in [-0.4, -0.2) is 4.37 Å². The maximum atomic E-state index is 12.9. The summed E-state index contributed by atoms with van der Waals surface area (Å²) in [5.74, 6) is -0.234. The van der Waals surface area contributed by atoms with Gasteiger partial charge in [0.15, 0.2) is 0 Å². The zero-order valence-corrected chi connectivity index (χ0v) is 7.75. The van der Waals surface area contributed by atoms with Gasteiger partial charge in [0.05, 0.1) is 9.17 Å². The van der Waals surface area contributed by atoms with Gasteiger partial charge in [0.25, 0.3) is 0 Å². The van der Waals surface area contributed by atoms with Gasteiger partial charge in [-0.2, -0.15) is 4.37 Å². The molecular weight excluding hydrogens is 229 g/mol. The fourth-order valence-electron chi connectivity index (χ4n) is 0.877. The Kier molecular flexibility index (Phi) is 1.65. The lowest BCUT2D eigenvalue weighted by Gasteiger charge is -1.92. The van der Waals surface area contributed by atoms with Crippen LogP contribution in [0.15, 0.2) is 22.8 Å². The van der Waals surface area contributed by atoms with Gasteiger partial charge >= 0.3 is 0 Å². The van der Waals surface area contributed by atoms with Crippen LogP contribution in [0.4, 0.5) is 4.39 Å². The van der Waals surface area contributed by atoms with Crippen molar-refractivity contribution in [1.82, 2.24) is 4.37 Å². The van der Waals surface area contributed by atoms with Crippen molar-refractivity contribution in [3.8, 4) is 0 Å². The fraction of sp³-hybridized carbons (Fsp3) is 0. The maximum absolute atomic E-state index is 12.9. The van der Waals surface area contributed by atoms with E-state index < -0.39 is 0 Å². The van der Waals surface area contributed by atoms with E-state index in [1.165, 1.54) is 17.6 Å². The van der Waals surface area contributed by atoms with Crippen LogP contribution in [0.5, 0.6) is 0 Å². The number of halogens is 2. The molecule has 0 atom stereocenters. The van der Waals surface area contributed by atoms with Gasteiger partial charge < -0.3 is 0 Å². The van der Waals surface area contributed by atoms with Crippen LogP contribution >= 0.6 is 27.5 Å². The Bertz CT molecular complexity index is 398. The van der Waals surface area contributed by atoms with Gasteiger partial charge in [-0.1, -0.05) is 0 Å². The van der Waals surface area contributed by atoms with Crippen molar-refractivity contribution in [2.24, 2.45) is 0 Å². The minimum Gasteiger partial charge on any atom is -0.206 e. The van der Waals surface area contributed by atoms with E-state index in [1.54, 1.807) is 12.3 Å². The normalized spacial score (nSPS) is 10.7. The largest absolute Gasteiger partial charge is 0.206 e. The Balaban J connectivity index is 2.93. The van der Waals surface area contributed by atoms with E-state index in [2.05, 4.69) is 20.3 Å². The Morgan fingerprint density at radius 1 is 1.45 bits per heavy atom. The standard InChI is InChI=1S/C7H3BrFNS/c8-6-5(9)2-1-4-3-10-11-7(4)6/h1-3H. The van der Waals surface area contributed by atoms with Gasteiger partial charge in [-0.05, 0) is 39.6 Å². The summed E-state index contributed by atoms with van der Waals surface area (Å²) in [5, 5.41) is 0.975. The third-order valence-corrected chi connectivity index (χ3v) is 3.29. The van der Waals surface area contributed by atoms with Crippen molar-refractivity contribution in [3.63, 3.8) is 0 Å². The van der Waals surface area contributed by atoms with E-state index in [0.717, 1.165) is 10.1 Å². The molecule has 1 aromatic heterocycles. The van der Waals surface area contributed by atoms with Crippen LogP contribution in [0.2, 0.25) is 0 Å². The molecule has 1 aromatic carbocycles. The molecule has 0 spiro atoms. The highest BCUT2D eigenvalue weighted by Gasteiger charge is 2.05. The van der Waals surface area contributed by atoms with Gasteiger partial charge in [0.2, 0.25) is 0 Å². The second kappa shape index (κ2) is 2.53. The fourth-order valence-corrected chi connectivity index (χ4v) is 2.13. The third-order valence-electron chi connectivity index (χ3n) is 1.42. The molecule has 0 bridgehead atoms. The number of fused-ring (bicyclic) bond motifs is 1. The van der Waals surface area contributed by atoms with Crippen LogP contribution in [0.1, 0.15) is 0 Å². The Hall–Kier alpha value is -0.480. The predicted molar refractivity (Wildman–Crippen MR) is 47.3 cm³/mol. The van der Waals surface area contributed by atoms with Gasteiger partial charge in [-0.3, -0.25) is 0 Å². The van der Waals surface area contributed by atoms with E-state index >= 15 is 0 Å². The summed E-state index contributed by atoms with van der Waals surface area (Å²) in [4.78, 5) is 0. The van der Waals surface area contributed by atoms with Gasteiger partial charge in [-0.25, -0.2) is 4.39 Å². The Morgan fingerprint density at radius 2 is 2.27 bits per heavy atom. The second-order valence-corrected chi connectivity index (χ2v) is 3.70. The minimum atomic E-state index is -0.234. The number of nitrogens with zero attached hydrogens (tertiary/aromatic N) is 1. The predicted octanol–water partition coefficient (Wildman–Crippen LogP) is 3.20. The van der Waals surface area contributed by atoms with Crippen LogP contribution in [0, 0.1) is 5.82 Å². The van der Waals surface area contributed by atoms with Gasteiger partial charge in [0.1, 0.15) is 5.82 Å². The zero-order chi connectivity index (χ0) is 7.84. The van der Waals surface area contributed by atoms with Crippen molar-refractivity contribution in [1.29, 1.82) is 0 Å². The molecule has 56 valence electrons. The molecule has 0 unspecified atom stereocenters. The lowest BCUT2D eigenvalue weighted by Crippen LogP contribution is -1.74. The third kappa shape index (κ3) is 1.06. The Labute approximate surface area is 75.1 Å². The molecule has 0 N–H and O–H groups in total. The van der Waals surface area contributed by atoms with Crippen LogP contribution in [0.3, 0.4) is 0 Å². The highest BCUT2D eigenvalue weighted by Crippen LogP contribution is 2.29. The van der Waals surface area contributed by atoms with E-state index in [0.29, 0.717) is 4.47 Å². The van der Waals surface area contributed by atoms with E-state index in [9.17, 15) is 4.39 Å². The summed E-state index contributed by atoms with van der Waals surface area (Å²) in [6.07, 6.45) is 1.73. The number of hydrogen-bond acceptors (Lipinski definition) is 2. The average Bonchev–Trinajstić information content (AvgIpc) is 2.45. The number of benzene rings is 1. The maximum Gasteiger partial charge on any atom is 0.138 e. The zero-order valence-electron chi connectivity index (χ0n) is 5.34. The number of rotatable bonds is 0. The van der Waals surface area contributed by atoms with E-state index in [-0.39, 0.29) is 5.82 Å². The van der Waals surface area contributed by atoms with E-state index in [4.69, 9.17) is 0 Å². The number of aromatic nitrogens is 1. The molecule has 0 aliphatic carbocycles. The quantitative estimate of drug-likeness (QED) is 0.679. The molecule has 11 heavy (non-hydrogen) atoms. The molecule has 2 rings (SSSR count). The Morgan fingerprint density at radius 3 is 3.09 bits per heavy atom. The molecular formula is C7H3BrFNS. The summed E-state index contributed by atoms with van der Waals surface area (Å²) < 4.78 is 18.2. The topological polar surface area (TPSA) is 12.9 Å². The first-order valence-corrected chi connectivity index (χ1v) is 4.54. The smallest absolute Gasteiger partial charge is 0.138 e. The lowest BCUT2D eigenvalue weighted by molar-refractivity contribution is 0.624. The van der Waals surface area contributed by atoms with E-state index in [1.807, 2.05) is 0 Å². The molecule has 0 fully saturated rings. The van der Waals surface area contributed by atoms with Crippen molar-refractivity contribution < 1.29 is 4.39 Å². The van der Waals surface area contributed by atoms with Crippen molar-refractivity contribution >= 4 is 37.5 Å². The average molecular weight is 232 g/mol. The SMILES string of the molecule is Fc1ccc2cnsc2c1Br.